The second-order valence-electron chi connectivity index (χ2n) is 9.11. The number of anilines is 3. The fraction of sp³-hybridized carbons (Fsp3) is 0.357. The standard InChI is InChI=1S/C28H31N3O3/c1-3-30(4-2)24-17-21(29)11-9-18(24)10-12-25(32)23-16-20-15-19-7-5-13-31-14-6-8-22(26(19)31)27(20)34-28(23)33/h9-12,15-17H,3-8,13-14,29H2,1-2H3. The fourth-order valence-electron chi connectivity index (χ4n) is 5.41. The van der Waals surface area contributed by atoms with Crippen LogP contribution in [0, 0.1) is 0 Å². The zero-order valence-corrected chi connectivity index (χ0v) is 19.9. The summed E-state index contributed by atoms with van der Waals surface area (Å²) in [5.41, 5.74) is 12.3. The monoisotopic (exact) mass is 457 g/mol. The smallest absolute Gasteiger partial charge is 0.347 e. The summed E-state index contributed by atoms with van der Waals surface area (Å²) < 4.78 is 5.79. The van der Waals surface area contributed by atoms with Gasteiger partial charge in [0.15, 0.2) is 5.78 Å². The van der Waals surface area contributed by atoms with E-state index in [9.17, 15) is 9.59 Å². The van der Waals surface area contributed by atoms with Gasteiger partial charge in [0, 0.05) is 54.2 Å². The third kappa shape index (κ3) is 3.87. The molecule has 34 heavy (non-hydrogen) atoms. The van der Waals surface area contributed by atoms with Crippen molar-refractivity contribution in [3.8, 4) is 0 Å². The Labute approximate surface area is 199 Å². The lowest BCUT2D eigenvalue weighted by Crippen LogP contribution is -2.34. The summed E-state index contributed by atoms with van der Waals surface area (Å²) in [6, 6.07) is 9.46. The Morgan fingerprint density at radius 2 is 1.88 bits per heavy atom. The second kappa shape index (κ2) is 9.01. The first-order chi connectivity index (χ1) is 16.5. The summed E-state index contributed by atoms with van der Waals surface area (Å²) in [7, 11) is 0. The highest BCUT2D eigenvalue weighted by molar-refractivity contribution is 6.08. The van der Waals surface area contributed by atoms with Crippen LogP contribution in [0.1, 0.15) is 53.7 Å². The molecule has 0 aliphatic carbocycles. The van der Waals surface area contributed by atoms with Gasteiger partial charge in [-0.15, -0.1) is 0 Å². The molecule has 6 nitrogen and oxygen atoms in total. The van der Waals surface area contributed by atoms with Crippen LogP contribution in [0.25, 0.3) is 17.0 Å². The highest BCUT2D eigenvalue weighted by Gasteiger charge is 2.27. The number of fused-ring (bicyclic) bond motifs is 2. The summed E-state index contributed by atoms with van der Waals surface area (Å²) in [5.74, 6) is -0.356. The minimum Gasteiger partial charge on any atom is -0.422 e. The van der Waals surface area contributed by atoms with E-state index in [4.69, 9.17) is 10.2 Å². The first-order valence-corrected chi connectivity index (χ1v) is 12.2. The molecule has 2 aromatic carbocycles. The van der Waals surface area contributed by atoms with Crippen molar-refractivity contribution in [1.29, 1.82) is 0 Å². The molecule has 0 unspecified atom stereocenters. The van der Waals surface area contributed by atoms with E-state index in [1.165, 1.54) is 17.3 Å². The molecule has 0 bridgehead atoms. The van der Waals surface area contributed by atoms with Gasteiger partial charge in [-0.3, -0.25) is 4.79 Å². The van der Waals surface area contributed by atoms with E-state index in [2.05, 4.69) is 29.7 Å². The van der Waals surface area contributed by atoms with Crippen LogP contribution in [0.4, 0.5) is 17.1 Å². The Bertz CT molecular complexity index is 1350. The molecule has 3 aromatic rings. The Morgan fingerprint density at radius 1 is 1.12 bits per heavy atom. The molecule has 0 saturated carbocycles. The van der Waals surface area contributed by atoms with Gasteiger partial charge in [0.1, 0.15) is 11.1 Å². The molecule has 3 heterocycles. The van der Waals surface area contributed by atoms with Gasteiger partial charge in [0.25, 0.3) is 0 Å². The van der Waals surface area contributed by atoms with Crippen LogP contribution in [0.15, 0.2) is 45.6 Å². The molecule has 2 N–H and O–H groups in total. The van der Waals surface area contributed by atoms with E-state index >= 15 is 0 Å². The number of carbonyl (C=O) groups is 1. The number of ketones is 1. The number of aryl methyl sites for hydroxylation is 2. The Kier molecular flexibility index (Phi) is 5.90. The van der Waals surface area contributed by atoms with Gasteiger partial charge in [-0.2, -0.15) is 0 Å². The summed E-state index contributed by atoms with van der Waals surface area (Å²) in [6.45, 7) is 7.92. The van der Waals surface area contributed by atoms with Crippen molar-refractivity contribution in [1.82, 2.24) is 0 Å². The van der Waals surface area contributed by atoms with Crippen molar-refractivity contribution < 1.29 is 9.21 Å². The maximum absolute atomic E-state index is 13.1. The number of carbonyl (C=O) groups excluding carboxylic acids is 1. The Morgan fingerprint density at radius 3 is 2.65 bits per heavy atom. The van der Waals surface area contributed by atoms with Crippen LogP contribution in [-0.2, 0) is 12.8 Å². The molecule has 0 atom stereocenters. The summed E-state index contributed by atoms with van der Waals surface area (Å²) in [4.78, 5) is 30.6. The molecule has 176 valence electrons. The van der Waals surface area contributed by atoms with Crippen molar-refractivity contribution in [2.24, 2.45) is 0 Å². The molecule has 1 aromatic heterocycles. The third-order valence-corrected chi connectivity index (χ3v) is 7.05. The molecule has 0 amide bonds. The lowest BCUT2D eigenvalue weighted by Gasteiger charge is -2.37. The van der Waals surface area contributed by atoms with E-state index in [0.29, 0.717) is 11.3 Å². The van der Waals surface area contributed by atoms with Crippen LogP contribution in [0.2, 0.25) is 0 Å². The van der Waals surface area contributed by atoms with Gasteiger partial charge >= 0.3 is 5.63 Å². The zero-order valence-electron chi connectivity index (χ0n) is 19.9. The number of nitrogen functional groups attached to an aromatic ring is 1. The fourth-order valence-corrected chi connectivity index (χ4v) is 5.41. The van der Waals surface area contributed by atoms with Gasteiger partial charge in [0.2, 0.25) is 0 Å². The number of rotatable bonds is 6. The predicted octanol–water partition coefficient (Wildman–Crippen LogP) is 4.82. The number of hydrogen-bond acceptors (Lipinski definition) is 6. The molecule has 0 radical (unpaired) electrons. The largest absolute Gasteiger partial charge is 0.422 e. The number of benzene rings is 2. The van der Waals surface area contributed by atoms with Crippen molar-refractivity contribution >= 4 is 39.9 Å². The normalized spacial score (nSPS) is 15.1. The van der Waals surface area contributed by atoms with Crippen LogP contribution in [0.5, 0.6) is 0 Å². The number of allylic oxidation sites excluding steroid dienone is 1. The topological polar surface area (TPSA) is 79.8 Å². The maximum Gasteiger partial charge on any atom is 0.347 e. The number of nitrogens with zero attached hydrogens (tertiary/aromatic N) is 2. The van der Waals surface area contributed by atoms with Crippen molar-refractivity contribution in [3.05, 3.63) is 69.1 Å². The first kappa shape index (κ1) is 22.3. The summed E-state index contributed by atoms with van der Waals surface area (Å²) in [5, 5.41) is 0.838. The second-order valence-corrected chi connectivity index (χ2v) is 9.11. The highest BCUT2D eigenvalue weighted by Crippen LogP contribution is 2.39. The quantitative estimate of drug-likeness (QED) is 0.248. The van der Waals surface area contributed by atoms with Gasteiger partial charge in [0.05, 0.1) is 0 Å². The molecule has 6 heteroatoms. The van der Waals surface area contributed by atoms with Crippen molar-refractivity contribution in [2.45, 2.75) is 39.5 Å². The molecule has 5 rings (SSSR count). The average molecular weight is 458 g/mol. The van der Waals surface area contributed by atoms with E-state index in [1.54, 1.807) is 12.1 Å². The Hall–Kier alpha value is -3.54. The van der Waals surface area contributed by atoms with Crippen molar-refractivity contribution in [3.63, 3.8) is 0 Å². The molecular weight excluding hydrogens is 426 g/mol. The minimum absolute atomic E-state index is 0.0687. The summed E-state index contributed by atoms with van der Waals surface area (Å²) >= 11 is 0. The lowest BCUT2D eigenvalue weighted by molar-refractivity contribution is 0.104. The average Bonchev–Trinajstić information content (AvgIpc) is 2.84. The van der Waals surface area contributed by atoms with Crippen LogP contribution in [-0.4, -0.2) is 32.0 Å². The van der Waals surface area contributed by atoms with Crippen LogP contribution < -0.4 is 21.2 Å². The molecule has 0 fully saturated rings. The van der Waals surface area contributed by atoms with E-state index in [0.717, 1.165) is 74.1 Å². The molecular formula is C28H31N3O3. The van der Waals surface area contributed by atoms with Gasteiger partial charge in [-0.05, 0) is 87.1 Å². The molecule has 2 aliphatic heterocycles. The first-order valence-electron chi connectivity index (χ1n) is 12.2. The highest BCUT2D eigenvalue weighted by atomic mass is 16.4. The molecule has 0 spiro atoms. The third-order valence-electron chi connectivity index (χ3n) is 7.05. The molecule has 2 aliphatic rings. The minimum atomic E-state index is -0.576. The van der Waals surface area contributed by atoms with E-state index in [1.807, 2.05) is 18.2 Å². The predicted molar refractivity (Wildman–Crippen MR) is 139 cm³/mol. The zero-order chi connectivity index (χ0) is 23.8. The lowest BCUT2D eigenvalue weighted by atomic mass is 9.90. The van der Waals surface area contributed by atoms with Gasteiger partial charge in [-0.1, -0.05) is 6.07 Å². The summed E-state index contributed by atoms with van der Waals surface area (Å²) in [6.07, 6.45) is 7.31. The van der Waals surface area contributed by atoms with E-state index in [-0.39, 0.29) is 11.3 Å². The number of nitrogens with two attached hydrogens (primary N) is 1. The maximum atomic E-state index is 13.1. The van der Waals surface area contributed by atoms with Gasteiger partial charge in [-0.25, -0.2) is 4.79 Å². The van der Waals surface area contributed by atoms with Crippen LogP contribution in [0.3, 0.4) is 0 Å². The molecule has 0 saturated heterocycles. The van der Waals surface area contributed by atoms with Crippen LogP contribution >= 0.6 is 0 Å². The van der Waals surface area contributed by atoms with Gasteiger partial charge < -0.3 is 20.0 Å². The SMILES string of the molecule is CCN(CC)c1cc(N)ccc1C=CC(=O)c1cc2cc3c4c(c2oc1=O)CCCN4CCC3. The van der Waals surface area contributed by atoms with Crippen molar-refractivity contribution in [2.75, 3.05) is 41.7 Å². The van der Waals surface area contributed by atoms with E-state index < -0.39 is 5.63 Å². The Balaban J connectivity index is 1.53. The number of hydrogen-bond donors (Lipinski definition) is 1.